The van der Waals surface area contributed by atoms with Crippen molar-refractivity contribution in [3.63, 3.8) is 0 Å². The minimum Gasteiger partial charge on any atom is -0.376 e. The Balaban J connectivity index is 1.21. The second-order valence-electron chi connectivity index (χ2n) is 9.17. The van der Waals surface area contributed by atoms with Crippen LogP contribution in [0, 0.1) is 17.2 Å². The Kier molecular flexibility index (Phi) is 5.57. The van der Waals surface area contributed by atoms with Gasteiger partial charge in [0.15, 0.2) is 0 Å². The third-order valence-corrected chi connectivity index (χ3v) is 6.53. The molecule has 1 aromatic rings. The van der Waals surface area contributed by atoms with Crippen LogP contribution in [0.25, 0.3) is 0 Å². The first-order chi connectivity index (χ1) is 13.7. The predicted molar refractivity (Wildman–Crippen MR) is 108 cm³/mol. The first-order valence-electron chi connectivity index (χ1n) is 10.1. The molecule has 1 aromatic carbocycles. The highest BCUT2D eigenvalue weighted by atomic mass is 35.5. The second-order valence-corrected chi connectivity index (χ2v) is 9.60. The molecule has 6 nitrogen and oxygen atoms in total. The van der Waals surface area contributed by atoms with Crippen molar-refractivity contribution in [3.05, 3.63) is 29.0 Å². The molecule has 2 N–H and O–H groups in total. The van der Waals surface area contributed by atoms with Crippen molar-refractivity contribution in [3.8, 4) is 0 Å². The molecular weight excluding hydrogens is 397 g/mol. The van der Waals surface area contributed by atoms with Gasteiger partial charge in [-0.15, -0.1) is 0 Å². The lowest BCUT2D eigenvalue weighted by atomic mass is 9.65. The SMILES string of the molecule is CC1(NC(=O)CN2CC3(CCC(C(=O)Nc4cc(F)cc(Cl)c4)CC3)C2)COC1. The number of hydrogen-bond acceptors (Lipinski definition) is 4. The van der Waals surface area contributed by atoms with Crippen LogP contribution in [0.3, 0.4) is 0 Å². The van der Waals surface area contributed by atoms with Gasteiger partial charge in [0.2, 0.25) is 11.8 Å². The van der Waals surface area contributed by atoms with Crippen molar-refractivity contribution >= 4 is 29.1 Å². The van der Waals surface area contributed by atoms with E-state index in [4.69, 9.17) is 16.3 Å². The molecule has 1 saturated carbocycles. The monoisotopic (exact) mass is 423 g/mol. The van der Waals surface area contributed by atoms with Crippen molar-refractivity contribution in [2.75, 3.05) is 38.2 Å². The van der Waals surface area contributed by atoms with E-state index in [0.717, 1.165) is 38.8 Å². The van der Waals surface area contributed by atoms with E-state index >= 15 is 0 Å². The number of nitrogens with zero attached hydrogens (tertiary/aromatic N) is 1. The van der Waals surface area contributed by atoms with Crippen LogP contribution >= 0.6 is 11.6 Å². The number of ether oxygens (including phenoxy) is 1. The summed E-state index contributed by atoms with van der Waals surface area (Å²) in [5, 5.41) is 6.09. The highest BCUT2D eigenvalue weighted by Crippen LogP contribution is 2.45. The summed E-state index contributed by atoms with van der Waals surface area (Å²) in [5.74, 6) is -0.563. The zero-order valence-corrected chi connectivity index (χ0v) is 17.4. The summed E-state index contributed by atoms with van der Waals surface area (Å²) >= 11 is 5.85. The number of nitrogens with one attached hydrogen (secondary N) is 2. The maximum Gasteiger partial charge on any atom is 0.234 e. The molecule has 158 valence electrons. The maximum absolute atomic E-state index is 13.4. The highest BCUT2D eigenvalue weighted by Gasteiger charge is 2.46. The standard InChI is InChI=1S/C21H27ClFN3O3/c1-20(12-29-13-20)25-18(27)9-26-10-21(11-26)4-2-14(3-5-21)19(28)24-17-7-15(22)6-16(23)8-17/h6-8,14H,2-5,9-13H2,1H3,(H,24,28)(H,25,27). The van der Waals surface area contributed by atoms with E-state index in [0.29, 0.717) is 25.4 Å². The fraction of sp³-hybridized carbons (Fsp3) is 0.619. The number of amides is 2. The number of hydrogen-bond donors (Lipinski definition) is 2. The van der Waals surface area contributed by atoms with Crippen molar-refractivity contribution in [2.45, 2.75) is 38.1 Å². The lowest BCUT2D eigenvalue weighted by molar-refractivity contribution is -0.136. The molecule has 0 aromatic heterocycles. The molecule has 2 aliphatic heterocycles. The van der Waals surface area contributed by atoms with E-state index in [1.54, 1.807) is 6.07 Å². The molecule has 1 aliphatic carbocycles. The molecular formula is C21H27ClFN3O3. The van der Waals surface area contributed by atoms with Crippen LogP contribution in [0.15, 0.2) is 18.2 Å². The second kappa shape index (κ2) is 7.85. The van der Waals surface area contributed by atoms with Crippen LogP contribution in [-0.4, -0.2) is 55.1 Å². The van der Waals surface area contributed by atoms with E-state index in [1.807, 2.05) is 6.92 Å². The van der Waals surface area contributed by atoms with Gasteiger partial charge in [-0.2, -0.15) is 0 Å². The quantitative estimate of drug-likeness (QED) is 0.764. The maximum atomic E-state index is 13.4. The Morgan fingerprint density at radius 2 is 1.93 bits per heavy atom. The summed E-state index contributed by atoms with van der Waals surface area (Å²) in [7, 11) is 0. The minimum absolute atomic E-state index is 0.0486. The van der Waals surface area contributed by atoms with Gasteiger partial charge in [-0.3, -0.25) is 14.5 Å². The number of halogens is 2. The number of anilines is 1. The van der Waals surface area contributed by atoms with Crippen molar-refractivity contribution in [1.82, 2.24) is 10.2 Å². The topological polar surface area (TPSA) is 70.7 Å². The summed E-state index contributed by atoms with van der Waals surface area (Å²) < 4.78 is 18.6. The number of benzene rings is 1. The molecule has 0 unspecified atom stereocenters. The number of carbonyl (C=O) groups is 2. The van der Waals surface area contributed by atoms with Gasteiger partial charge >= 0.3 is 0 Å². The van der Waals surface area contributed by atoms with E-state index < -0.39 is 5.82 Å². The van der Waals surface area contributed by atoms with Gasteiger partial charge in [-0.25, -0.2) is 4.39 Å². The lowest BCUT2D eigenvalue weighted by Gasteiger charge is -2.53. The summed E-state index contributed by atoms with van der Waals surface area (Å²) in [6, 6.07) is 4.04. The van der Waals surface area contributed by atoms with Crippen LogP contribution in [0.1, 0.15) is 32.6 Å². The third-order valence-electron chi connectivity index (χ3n) is 6.31. The van der Waals surface area contributed by atoms with E-state index in [1.165, 1.54) is 12.1 Å². The smallest absolute Gasteiger partial charge is 0.234 e. The van der Waals surface area contributed by atoms with Crippen LogP contribution in [0.4, 0.5) is 10.1 Å². The van der Waals surface area contributed by atoms with Gasteiger partial charge in [-0.1, -0.05) is 11.6 Å². The van der Waals surface area contributed by atoms with Crippen molar-refractivity contribution < 1.29 is 18.7 Å². The zero-order chi connectivity index (χ0) is 20.6. The molecule has 3 aliphatic rings. The van der Waals surface area contributed by atoms with Gasteiger partial charge in [0.25, 0.3) is 0 Å². The molecule has 29 heavy (non-hydrogen) atoms. The van der Waals surface area contributed by atoms with Crippen molar-refractivity contribution in [2.24, 2.45) is 11.3 Å². The molecule has 0 radical (unpaired) electrons. The highest BCUT2D eigenvalue weighted by molar-refractivity contribution is 6.30. The van der Waals surface area contributed by atoms with Crippen LogP contribution in [0.5, 0.6) is 0 Å². The molecule has 0 atom stereocenters. The largest absolute Gasteiger partial charge is 0.376 e. The van der Waals surface area contributed by atoms with Gasteiger partial charge in [0, 0.05) is 29.7 Å². The molecule has 3 fully saturated rings. The molecule has 2 saturated heterocycles. The normalized spacial score (nSPS) is 23.1. The predicted octanol–water partition coefficient (Wildman–Crippen LogP) is 2.81. The van der Waals surface area contributed by atoms with E-state index in [2.05, 4.69) is 15.5 Å². The molecule has 0 bridgehead atoms. The summed E-state index contributed by atoms with van der Waals surface area (Å²) in [6.45, 7) is 5.38. The average Bonchev–Trinajstić information content (AvgIpc) is 2.58. The van der Waals surface area contributed by atoms with Gasteiger partial charge < -0.3 is 15.4 Å². The van der Waals surface area contributed by atoms with Crippen molar-refractivity contribution in [1.29, 1.82) is 0 Å². The van der Waals surface area contributed by atoms with E-state index in [-0.39, 0.29) is 33.7 Å². The Bertz CT molecular complexity index is 778. The summed E-state index contributed by atoms with van der Waals surface area (Å²) in [4.78, 5) is 26.9. The van der Waals surface area contributed by atoms with Crippen LogP contribution < -0.4 is 10.6 Å². The lowest BCUT2D eigenvalue weighted by Crippen LogP contribution is -2.64. The Morgan fingerprint density at radius 1 is 1.24 bits per heavy atom. The summed E-state index contributed by atoms with van der Waals surface area (Å²) in [5.41, 5.74) is 0.409. The first-order valence-corrected chi connectivity index (χ1v) is 10.5. The fourth-order valence-corrected chi connectivity index (χ4v) is 4.97. The molecule has 2 amide bonds. The number of likely N-dealkylation sites (tertiary alicyclic amines) is 1. The third kappa shape index (κ3) is 4.73. The molecule has 4 rings (SSSR count). The fourth-order valence-electron chi connectivity index (χ4n) is 4.75. The Hall–Kier alpha value is -1.70. The molecule has 2 heterocycles. The Morgan fingerprint density at radius 3 is 2.52 bits per heavy atom. The van der Waals surface area contributed by atoms with Gasteiger partial charge in [0.05, 0.1) is 25.3 Å². The van der Waals surface area contributed by atoms with Gasteiger partial charge in [0.1, 0.15) is 5.82 Å². The molecule has 1 spiro atoms. The average molecular weight is 424 g/mol. The summed E-state index contributed by atoms with van der Waals surface area (Å²) in [6.07, 6.45) is 3.56. The van der Waals surface area contributed by atoms with Gasteiger partial charge in [-0.05, 0) is 56.2 Å². The Labute approximate surface area is 175 Å². The minimum atomic E-state index is -0.465. The van der Waals surface area contributed by atoms with Crippen LogP contribution in [-0.2, 0) is 14.3 Å². The first kappa shape index (κ1) is 20.6. The number of rotatable bonds is 5. The molecule has 8 heteroatoms. The van der Waals surface area contributed by atoms with E-state index in [9.17, 15) is 14.0 Å². The van der Waals surface area contributed by atoms with Crippen LogP contribution in [0.2, 0.25) is 5.02 Å². The number of carbonyl (C=O) groups excluding carboxylic acids is 2. The zero-order valence-electron chi connectivity index (χ0n) is 16.6.